The molecule has 1 saturated heterocycles. The van der Waals surface area contributed by atoms with Crippen LogP contribution in [0.2, 0.25) is 20.1 Å². The summed E-state index contributed by atoms with van der Waals surface area (Å²) in [6.45, 7) is 0. The topological polar surface area (TPSA) is 98.7 Å². The molecule has 2 fully saturated rings. The smallest absolute Gasteiger partial charge is 0.253 e. The Balaban J connectivity index is 1.47. The average molecular weight is 593 g/mol. The summed E-state index contributed by atoms with van der Waals surface area (Å²) in [6.07, 6.45) is 0. The normalized spacial score (nSPS) is 23.9. The molecule has 2 aliphatic rings. The zero-order valence-electron chi connectivity index (χ0n) is 16.4. The van der Waals surface area contributed by atoms with E-state index in [0.717, 1.165) is 0 Å². The van der Waals surface area contributed by atoms with Crippen LogP contribution in [0.15, 0.2) is 30.3 Å². The third-order valence-electron chi connectivity index (χ3n) is 5.45. The molecule has 33 heavy (non-hydrogen) atoms. The minimum atomic E-state index is -2.60. The molecule has 1 heterocycles. The van der Waals surface area contributed by atoms with Gasteiger partial charge in [0.05, 0.1) is 49.1 Å². The fourth-order valence-electron chi connectivity index (χ4n) is 3.76. The van der Waals surface area contributed by atoms with Crippen molar-refractivity contribution in [3.05, 3.63) is 61.5 Å². The molecule has 1 aliphatic heterocycles. The van der Waals surface area contributed by atoms with E-state index in [1.54, 1.807) is 12.1 Å². The lowest BCUT2D eigenvalue weighted by molar-refractivity contribution is -0.117. The van der Waals surface area contributed by atoms with Crippen molar-refractivity contribution < 1.29 is 18.7 Å². The van der Waals surface area contributed by atoms with Crippen LogP contribution in [0.1, 0.15) is 21.8 Å². The number of nitrogens with one attached hydrogen (secondary N) is 2. The number of alkyl halides is 2. The quantitative estimate of drug-likeness (QED) is 0.230. The molecule has 2 unspecified atom stereocenters. The zero-order chi connectivity index (χ0) is 24.3. The molecule has 0 aromatic heterocycles. The van der Waals surface area contributed by atoms with E-state index in [0.29, 0.717) is 11.3 Å². The molecule has 1 aliphatic carbocycles. The molecule has 2 aromatic rings. The second-order valence-electron chi connectivity index (χ2n) is 7.92. The van der Waals surface area contributed by atoms with Crippen molar-refractivity contribution in [3.63, 3.8) is 0 Å². The van der Waals surface area contributed by atoms with Gasteiger partial charge in [-0.2, -0.15) is 10.6 Å². The highest BCUT2D eigenvalue weighted by molar-refractivity contribution is 8.25. The van der Waals surface area contributed by atoms with Crippen LogP contribution >= 0.6 is 80.2 Å². The Labute approximate surface area is 221 Å². The number of carbonyl (C=O) groups excluding carboxylic acids is 2. The van der Waals surface area contributed by atoms with Gasteiger partial charge in [0.15, 0.2) is 0 Å². The van der Waals surface area contributed by atoms with Crippen LogP contribution in [0, 0.1) is 5.92 Å². The Morgan fingerprint density at radius 1 is 0.970 bits per heavy atom. The molecular formula is C20H16Cl6N2O4S. The van der Waals surface area contributed by atoms with Crippen LogP contribution in [-0.4, -0.2) is 42.8 Å². The summed E-state index contributed by atoms with van der Waals surface area (Å²) in [7, 11) is -2.60. The maximum Gasteiger partial charge on any atom is 0.253 e. The minimum absolute atomic E-state index is 0.0993. The highest BCUT2D eigenvalue weighted by Gasteiger charge is 2.67. The van der Waals surface area contributed by atoms with Crippen LogP contribution in [0.25, 0.3) is 0 Å². The van der Waals surface area contributed by atoms with Gasteiger partial charge in [0, 0.05) is 11.6 Å². The molecular weight excluding hydrogens is 577 g/mol. The molecule has 0 radical (unpaired) electrons. The van der Waals surface area contributed by atoms with Crippen LogP contribution in [0.4, 0.5) is 5.69 Å². The Bertz CT molecular complexity index is 1130. The number of halogens is 6. The van der Waals surface area contributed by atoms with Crippen molar-refractivity contribution in [3.8, 4) is 0 Å². The number of rotatable bonds is 5. The first-order chi connectivity index (χ1) is 15.3. The fraction of sp³-hybridized carbons (Fsp3) is 0.300. The van der Waals surface area contributed by atoms with Crippen molar-refractivity contribution >= 4 is 97.7 Å². The lowest BCUT2D eigenvalue weighted by atomic mass is 10.1. The third kappa shape index (κ3) is 5.17. The molecule has 1 saturated carbocycles. The lowest BCUT2D eigenvalue weighted by Crippen LogP contribution is -2.50. The summed E-state index contributed by atoms with van der Waals surface area (Å²) in [4.78, 5) is 25.5. The van der Waals surface area contributed by atoms with Gasteiger partial charge in [0.2, 0.25) is 5.91 Å². The van der Waals surface area contributed by atoms with Gasteiger partial charge in [0.25, 0.3) is 5.91 Å². The average Bonchev–Trinajstić information content (AvgIpc) is 3.27. The highest BCUT2D eigenvalue weighted by Crippen LogP contribution is 2.65. The molecule has 2 aromatic carbocycles. The van der Waals surface area contributed by atoms with Gasteiger partial charge in [-0.3, -0.25) is 18.7 Å². The highest BCUT2D eigenvalue weighted by atomic mass is 35.5. The largest absolute Gasteiger partial charge is 0.346 e. The molecule has 2 atom stereocenters. The van der Waals surface area contributed by atoms with E-state index in [1.807, 2.05) is 0 Å². The third-order valence-corrected chi connectivity index (χ3v) is 9.79. The van der Waals surface area contributed by atoms with Gasteiger partial charge in [-0.1, -0.05) is 46.4 Å². The SMILES string of the molecule is O=C(NC1CS(O)(O)C1)c1cc(NC(=O)C2C(c3cc(Cl)c(Cl)c(Cl)c3)C2(Cl)Cl)ccc1Cl. The first kappa shape index (κ1) is 25.5. The van der Waals surface area contributed by atoms with E-state index in [-0.39, 0.29) is 43.2 Å². The fourth-order valence-corrected chi connectivity index (χ4v) is 6.76. The molecule has 0 bridgehead atoms. The number of anilines is 1. The van der Waals surface area contributed by atoms with Crippen molar-refractivity contribution in [2.45, 2.75) is 16.3 Å². The van der Waals surface area contributed by atoms with E-state index < -0.39 is 38.6 Å². The van der Waals surface area contributed by atoms with Crippen LogP contribution in [0.5, 0.6) is 0 Å². The molecule has 4 N–H and O–H groups in total. The summed E-state index contributed by atoms with van der Waals surface area (Å²) >= 11 is 37.1. The van der Waals surface area contributed by atoms with Crippen LogP contribution < -0.4 is 10.6 Å². The molecule has 13 heteroatoms. The summed E-state index contributed by atoms with van der Waals surface area (Å²) in [5, 5.41) is 6.19. The summed E-state index contributed by atoms with van der Waals surface area (Å²) in [6, 6.07) is 7.20. The van der Waals surface area contributed by atoms with Gasteiger partial charge >= 0.3 is 0 Å². The second kappa shape index (κ2) is 9.12. The summed E-state index contributed by atoms with van der Waals surface area (Å²) in [5.74, 6) is -2.13. The van der Waals surface area contributed by atoms with Crippen molar-refractivity contribution in [2.75, 3.05) is 16.8 Å². The Kier molecular flexibility index (Phi) is 7.04. The van der Waals surface area contributed by atoms with Crippen LogP contribution in [-0.2, 0) is 4.79 Å². The molecule has 0 spiro atoms. The standard InChI is InChI=1S/C20H16Cl6N2O4S/c21-12-2-1-9(5-11(12)18(29)28-10-6-33(31,32)7-10)27-19(30)16-15(20(16,25)26)8-3-13(22)17(24)14(23)4-8/h1-5,10,15-16,31-32H,6-7H2,(H,27,30)(H,28,29). The number of hydrogen-bond donors (Lipinski definition) is 4. The molecule has 6 nitrogen and oxygen atoms in total. The van der Waals surface area contributed by atoms with Gasteiger partial charge < -0.3 is 10.6 Å². The van der Waals surface area contributed by atoms with Gasteiger partial charge in [0.1, 0.15) is 4.33 Å². The zero-order valence-corrected chi connectivity index (χ0v) is 21.8. The van der Waals surface area contributed by atoms with Crippen molar-refractivity contribution in [1.82, 2.24) is 5.32 Å². The Hall–Kier alpha value is -0.610. The Morgan fingerprint density at radius 3 is 2.15 bits per heavy atom. The number of benzene rings is 2. The van der Waals surface area contributed by atoms with Gasteiger partial charge in [-0.05, 0) is 35.9 Å². The monoisotopic (exact) mass is 590 g/mol. The molecule has 178 valence electrons. The predicted octanol–water partition coefficient (Wildman–Crippen LogP) is 6.69. The lowest BCUT2D eigenvalue weighted by Gasteiger charge is -2.47. The van der Waals surface area contributed by atoms with Gasteiger partial charge in [-0.25, -0.2) is 0 Å². The minimum Gasteiger partial charge on any atom is -0.346 e. The first-order valence-electron chi connectivity index (χ1n) is 9.47. The summed E-state index contributed by atoms with van der Waals surface area (Å²) < 4.78 is 17.6. The number of amides is 2. The van der Waals surface area contributed by atoms with E-state index in [4.69, 9.17) is 69.6 Å². The second-order valence-corrected chi connectivity index (χ2v) is 13.2. The van der Waals surface area contributed by atoms with Gasteiger partial charge in [-0.15, -0.1) is 23.2 Å². The number of hydrogen-bond acceptors (Lipinski definition) is 4. The maximum atomic E-state index is 12.9. The first-order valence-corrected chi connectivity index (χ1v) is 13.6. The number of carbonyl (C=O) groups is 2. The molecule has 4 rings (SSSR count). The van der Waals surface area contributed by atoms with E-state index >= 15 is 0 Å². The van der Waals surface area contributed by atoms with E-state index in [1.165, 1.54) is 18.2 Å². The Morgan fingerprint density at radius 2 is 1.58 bits per heavy atom. The summed E-state index contributed by atoms with van der Waals surface area (Å²) in [5.41, 5.74) is 1.01. The maximum absolute atomic E-state index is 12.9. The molecule has 2 amide bonds. The van der Waals surface area contributed by atoms with E-state index in [9.17, 15) is 18.7 Å². The van der Waals surface area contributed by atoms with E-state index in [2.05, 4.69) is 10.6 Å². The van der Waals surface area contributed by atoms with Crippen LogP contribution in [0.3, 0.4) is 0 Å². The van der Waals surface area contributed by atoms with Crippen molar-refractivity contribution in [2.24, 2.45) is 5.92 Å². The predicted molar refractivity (Wildman–Crippen MR) is 136 cm³/mol. The van der Waals surface area contributed by atoms with Crippen molar-refractivity contribution in [1.29, 1.82) is 0 Å².